The summed E-state index contributed by atoms with van der Waals surface area (Å²) in [5, 5.41) is 1.54. The number of aromatic nitrogens is 2. The molecule has 3 nitrogen and oxygen atoms in total. The standard InChI is InChI=1S/C14H9ClN2O/c15-12-5-2-7-16-14(12)17-8-6-10-3-1-4-11(9-18)13(10)17/h1-9H. The van der Waals surface area contributed by atoms with Gasteiger partial charge in [0, 0.05) is 23.3 Å². The van der Waals surface area contributed by atoms with E-state index in [0.717, 1.165) is 17.2 Å². The average Bonchev–Trinajstić information content (AvgIpc) is 2.83. The summed E-state index contributed by atoms with van der Waals surface area (Å²) in [6.07, 6.45) is 4.39. The molecule has 88 valence electrons. The smallest absolute Gasteiger partial charge is 0.155 e. The molecule has 2 aromatic heterocycles. The third kappa shape index (κ3) is 1.60. The van der Waals surface area contributed by atoms with Crippen LogP contribution >= 0.6 is 11.6 Å². The first-order valence-corrected chi connectivity index (χ1v) is 5.85. The highest BCUT2D eigenvalue weighted by Gasteiger charge is 2.10. The summed E-state index contributed by atoms with van der Waals surface area (Å²) in [7, 11) is 0. The molecular weight excluding hydrogens is 248 g/mol. The van der Waals surface area contributed by atoms with Crippen molar-refractivity contribution in [1.29, 1.82) is 0 Å². The quantitative estimate of drug-likeness (QED) is 0.658. The summed E-state index contributed by atoms with van der Waals surface area (Å²) in [6.45, 7) is 0. The van der Waals surface area contributed by atoms with Crippen molar-refractivity contribution in [2.24, 2.45) is 0 Å². The second kappa shape index (κ2) is 4.27. The molecule has 0 bridgehead atoms. The van der Waals surface area contributed by atoms with Crippen molar-refractivity contribution in [3.63, 3.8) is 0 Å². The van der Waals surface area contributed by atoms with Gasteiger partial charge in [0.15, 0.2) is 12.1 Å². The fourth-order valence-corrected chi connectivity index (χ4v) is 2.26. The Morgan fingerprint density at radius 3 is 2.83 bits per heavy atom. The number of halogens is 1. The monoisotopic (exact) mass is 256 g/mol. The second-order valence-corrected chi connectivity index (χ2v) is 4.30. The number of hydrogen-bond donors (Lipinski definition) is 0. The lowest BCUT2D eigenvalue weighted by atomic mass is 10.1. The molecule has 0 saturated carbocycles. The zero-order valence-electron chi connectivity index (χ0n) is 9.38. The minimum Gasteiger partial charge on any atom is -0.299 e. The molecule has 0 spiro atoms. The van der Waals surface area contributed by atoms with Gasteiger partial charge in [-0.15, -0.1) is 0 Å². The van der Waals surface area contributed by atoms with Crippen LogP contribution in [-0.2, 0) is 0 Å². The number of para-hydroxylation sites is 1. The molecule has 3 aromatic rings. The summed E-state index contributed by atoms with van der Waals surface area (Å²) in [5.41, 5.74) is 1.45. The van der Waals surface area contributed by atoms with Crippen LogP contribution in [0.5, 0.6) is 0 Å². The highest BCUT2D eigenvalue weighted by atomic mass is 35.5. The van der Waals surface area contributed by atoms with Gasteiger partial charge in [0.05, 0.1) is 10.5 Å². The van der Waals surface area contributed by atoms with Gasteiger partial charge in [0.25, 0.3) is 0 Å². The highest BCUT2D eigenvalue weighted by molar-refractivity contribution is 6.32. The van der Waals surface area contributed by atoms with Gasteiger partial charge in [-0.1, -0.05) is 23.7 Å². The van der Waals surface area contributed by atoms with E-state index in [4.69, 9.17) is 11.6 Å². The molecule has 18 heavy (non-hydrogen) atoms. The molecule has 1 aromatic carbocycles. The van der Waals surface area contributed by atoms with Crippen molar-refractivity contribution in [2.45, 2.75) is 0 Å². The molecule has 0 radical (unpaired) electrons. The van der Waals surface area contributed by atoms with E-state index >= 15 is 0 Å². The third-order valence-corrected chi connectivity index (χ3v) is 3.13. The number of carbonyl (C=O) groups excluding carboxylic acids is 1. The topological polar surface area (TPSA) is 34.9 Å². The summed E-state index contributed by atoms with van der Waals surface area (Å²) in [6, 6.07) is 11.1. The van der Waals surface area contributed by atoms with Crippen LogP contribution < -0.4 is 0 Å². The lowest BCUT2D eigenvalue weighted by molar-refractivity contribution is 0.112. The van der Waals surface area contributed by atoms with Gasteiger partial charge in [0.1, 0.15) is 0 Å². The average molecular weight is 257 g/mol. The summed E-state index contributed by atoms with van der Waals surface area (Å²) in [5.74, 6) is 0.628. The maximum absolute atomic E-state index is 11.1. The van der Waals surface area contributed by atoms with Gasteiger partial charge in [-0.05, 0) is 24.3 Å². The van der Waals surface area contributed by atoms with Gasteiger partial charge < -0.3 is 0 Å². The van der Waals surface area contributed by atoms with Crippen LogP contribution in [-0.4, -0.2) is 15.8 Å². The number of carbonyl (C=O) groups is 1. The van der Waals surface area contributed by atoms with E-state index < -0.39 is 0 Å². The van der Waals surface area contributed by atoms with E-state index in [1.807, 2.05) is 29.0 Å². The Balaban J connectivity index is 2.37. The van der Waals surface area contributed by atoms with Crippen molar-refractivity contribution >= 4 is 28.8 Å². The van der Waals surface area contributed by atoms with E-state index in [1.54, 1.807) is 24.4 Å². The Hall–Kier alpha value is -2.13. The molecule has 0 aliphatic carbocycles. The Bertz CT molecular complexity index is 733. The molecule has 0 N–H and O–H groups in total. The number of benzene rings is 1. The van der Waals surface area contributed by atoms with E-state index in [0.29, 0.717) is 16.4 Å². The van der Waals surface area contributed by atoms with Gasteiger partial charge in [-0.25, -0.2) is 4.98 Å². The minimum absolute atomic E-state index is 0.552. The summed E-state index contributed by atoms with van der Waals surface area (Å²) in [4.78, 5) is 15.4. The molecule has 0 aliphatic rings. The molecule has 0 amide bonds. The van der Waals surface area contributed by atoms with Gasteiger partial charge >= 0.3 is 0 Å². The Kier molecular flexibility index (Phi) is 2.61. The molecule has 0 unspecified atom stereocenters. The summed E-state index contributed by atoms with van der Waals surface area (Å²) < 4.78 is 1.83. The van der Waals surface area contributed by atoms with E-state index in [9.17, 15) is 4.79 Å². The van der Waals surface area contributed by atoms with E-state index in [-0.39, 0.29) is 0 Å². The fraction of sp³-hybridized carbons (Fsp3) is 0. The SMILES string of the molecule is O=Cc1cccc2ccn(-c3ncccc3Cl)c12. The predicted molar refractivity (Wildman–Crippen MR) is 71.5 cm³/mol. The Labute approximate surface area is 109 Å². The van der Waals surface area contributed by atoms with Crippen LogP contribution in [0, 0.1) is 0 Å². The van der Waals surface area contributed by atoms with Crippen molar-refractivity contribution in [3.05, 3.63) is 59.4 Å². The largest absolute Gasteiger partial charge is 0.299 e. The lowest BCUT2D eigenvalue weighted by Crippen LogP contribution is -1.98. The highest BCUT2D eigenvalue weighted by Crippen LogP contribution is 2.25. The van der Waals surface area contributed by atoms with Gasteiger partial charge in [-0.3, -0.25) is 9.36 Å². The minimum atomic E-state index is 0.552. The third-order valence-electron chi connectivity index (χ3n) is 2.84. The van der Waals surface area contributed by atoms with Crippen LogP contribution in [0.1, 0.15) is 10.4 Å². The number of nitrogens with zero attached hydrogens (tertiary/aromatic N) is 2. The zero-order chi connectivity index (χ0) is 12.5. The molecule has 0 fully saturated rings. The first-order valence-electron chi connectivity index (χ1n) is 5.47. The van der Waals surface area contributed by atoms with Crippen LogP contribution in [0.25, 0.3) is 16.7 Å². The van der Waals surface area contributed by atoms with Crippen LogP contribution in [0.3, 0.4) is 0 Å². The zero-order valence-corrected chi connectivity index (χ0v) is 10.1. The maximum Gasteiger partial charge on any atom is 0.155 e. The Morgan fingerprint density at radius 2 is 2.06 bits per heavy atom. The second-order valence-electron chi connectivity index (χ2n) is 3.90. The van der Waals surface area contributed by atoms with Gasteiger partial charge in [-0.2, -0.15) is 0 Å². The van der Waals surface area contributed by atoms with Crippen LogP contribution in [0.2, 0.25) is 5.02 Å². The van der Waals surface area contributed by atoms with Crippen LogP contribution in [0.15, 0.2) is 48.8 Å². The van der Waals surface area contributed by atoms with E-state index in [2.05, 4.69) is 4.98 Å². The predicted octanol–water partition coefficient (Wildman–Crippen LogP) is 3.49. The molecule has 3 rings (SSSR count). The van der Waals surface area contributed by atoms with Gasteiger partial charge in [0.2, 0.25) is 0 Å². The van der Waals surface area contributed by atoms with Crippen molar-refractivity contribution in [3.8, 4) is 5.82 Å². The maximum atomic E-state index is 11.1. The van der Waals surface area contributed by atoms with Crippen molar-refractivity contribution < 1.29 is 4.79 Å². The molecule has 4 heteroatoms. The lowest BCUT2D eigenvalue weighted by Gasteiger charge is -2.07. The number of hydrogen-bond acceptors (Lipinski definition) is 2. The first kappa shape index (κ1) is 11.0. The number of fused-ring (bicyclic) bond motifs is 1. The number of aldehydes is 1. The summed E-state index contributed by atoms with van der Waals surface area (Å²) >= 11 is 6.14. The first-order chi connectivity index (χ1) is 8.81. The molecule has 0 atom stereocenters. The Morgan fingerprint density at radius 1 is 1.17 bits per heavy atom. The number of pyridine rings is 1. The fourth-order valence-electron chi connectivity index (χ4n) is 2.05. The van der Waals surface area contributed by atoms with E-state index in [1.165, 1.54) is 0 Å². The van der Waals surface area contributed by atoms with Crippen molar-refractivity contribution in [1.82, 2.24) is 9.55 Å². The molecule has 0 aliphatic heterocycles. The van der Waals surface area contributed by atoms with Crippen molar-refractivity contribution in [2.75, 3.05) is 0 Å². The molecule has 2 heterocycles. The normalized spacial score (nSPS) is 10.7. The number of rotatable bonds is 2. The molecule has 0 saturated heterocycles. The molecular formula is C14H9ClN2O. The van der Waals surface area contributed by atoms with Crippen LogP contribution in [0.4, 0.5) is 0 Å².